The minimum absolute atomic E-state index is 0.0278. The average Bonchev–Trinajstić information content (AvgIpc) is 3.97. The van der Waals surface area contributed by atoms with Crippen molar-refractivity contribution in [3.63, 3.8) is 0 Å². The second kappa shape index (κ2) is 13.7. The van der Waals surface area contributed by atoms with Crippen LogP contribution in [0.25, 0.3) is 10.8 Å². The Morgan fingerprint density at radius 1 is 1.14 bits per heavy atom. The standard InChI is InChI=1S/C34H43N5O10S/c1-33(2,3)49-32(43)36-26-12-15-47-14-5-6-21-18-34(21,31(42)38-50(44,45)24-8-9-24)37-28(40)27-17-23(19-39(27)30(26)41)48-29-25-10-7-22(46-4)16-20(25)11-13-35-29/h5-7,10-11,13,16,21,23-24,26-27H,8-9,12,14-15,17-19H2,1-4H3,(H,36,43)(H,37,40)(H,38,42)/b6-5-/t21-,23-,26+,27+,34-/m1/s1. The van der Waals surface area contributed by atoms with E-state index in [1.54, 1.807) is 58.4 Å². The molecular formula is C34H43N5O10S. The lowest BCUT2D eigenvalue weighted by Gasteiger charge is -2.30. The average molecular weight is 714 g/mol. The van der Waals surface area contributed by atoms with Crippen LogP contribution in [0.15, 0.2) is 42.6 Å². The SMILES string of the molecule is COc1ccc2c(O[C@@H]3C[C@H]4C(=O)N[C@]5(C(=O)NS(=O)(=O)C6CC6)C[C@H]5/C=C\COCC[C@H](NC(=O)OC(C)(C)C)C(=O)N4C3)nccc2c1. The number of benzene rings is 1. The molecule has 2 aromatic rings. The zero-order valence-electron chi connectivity index (χ0n) is 28.5. The van der Waals surface area contributed by atoms with Crippen molar-refractivity contribution >= 4 is 44.6 Å². The van der Waals surface area contributed by atoms with E-state index in [0.717, 1.165) is 5.39 Å². The Labute approximate surface area is 290 Å². The number of nitrogens with zero attached hydrogens (tertiary/aromatic N) is 2. The molecule has 5 atom stereocenters. The first-order chi connectivity index (χ1) is 23.7. The number of hydrogen-bond donors (Lipinski definition) is 3. The van der Waals surface area contributed by atoms with Crippen molar-refractivity contribution in [3.05, 3.63) is 42.6 Å². The van der Waals surface area contributed by atoms with Crippen LogP contribution in [-0.2, 0) is 33.9 Å². The van der Waals surface area contributed by atoms with Crippen molar-refractivity contribution in [1.29, 1.82) is 0 Å². The van der Waals surface area contributed by atoms with Crippen molar-refractivity contribution in [2.75, 3.05) is 26.9 Å². The summed E-state index contributed by atoms with van der Waals surface area (Å²) >= 11 is 0. The molecule has 50 heavy (non-hydrogen) atoms. The number of pyridine rings is 1. The molecule has 0 spiro atoms. The Balaban J connectivity index is 1.30. The van der Waals surface area contributed by atoms with Crippen molar-refractivity contribution in [2.45, 2.75) is 87.5 Å². The summed E-state index contributed by atoms with van der Waals surface area (Å²) in [6.45, 7) is 5.26. The number of nitrogens with one attached hydrogen (secondary N) is 3. The van der Waals surface area contributed by atoms with Gasteiger partial charge in [0.2, 0.25) is 27.7 Å². The summed E-state index contributed by atoms with van der Waals surface area (Å²) in [7, 11) is -2.33. The van der Waals surface area contributed by atoms with Gasteiger partial charge in [0.1, 0.15) is 35.1 Å². The van der Waals surface area contributed by atoms with E-state index in [2.05, 4.69) is 20.3 Å². The van der Waals surface area contributed by atoms with Gasteiger partial charge in [0.05, 0.1) is 25.5 Å². The van der Waals surface area contributed by atoms with E-state index in [1.807, 2.05) is 12.1 Å². The van der Waals surface area contributed by atoms with Crippen LogP contribution in [0.4, 0.5) is 4.79 Å². The number of carbonyl (C=O) groups excluding carboxylic acids is 4. The predicted octanol–water partition coefficient (Wildman–Crippen LogP) is 1.94. The van der Waals surface area contributed by atoms with Gasteiger partial charge < -0.3 is 34.5 Å². The van der Waals surface area contributed by atoms with Crippen LogP contribution >= 0.6 is 0 Å². The first-order valence-corrected chi connectivity index (χ1v) is 18.3. The topological polar surface area (TPSA) is 192 Å². The molecule has 16 heteroatoms. The number of methoxy groups -OCH3 is 1. The fraction of sp³-hybridized carbons (Fsp3) is 0.559. The second-order valence-corrected chi connectivity index (χ2v) is 16.1. The van der Waals surface area contributed by atoms with Gasteiger partial charge in [-0.2, -0.15) is 0 Å². The number of carbonyl (C=O) groups is 4. The molecule has 15 nitrogen and oxygen atoms in total. The lowest BCUT2D eigenvalue weighted by molar-refractivity contribution is -0.141. The molecule has 0 unspecified atom stereocenters. The van der Waals surface area contributed by atoms with Crippen LogP contribution in [0.3, 0.4) is 0 Å². The number of ether oxygens (including phenoxy) is 4. The van der Waals surface area contributed by atoms with Gasteiger partial charge in [-0.3, -0.25) is 19.1 Å². The molecule has 1 aromatic heterocycles. The van der Waals surface area contributed by atoms with E-state index < -0.39 is 74.3 Å². The largest absolute Gasteiger partial charge is 0.497 e. The van der Waals surface area contributed by atoms with Crippen LogP contribution in [-0.4, -0.2) is 104 Å². The quantitative estimate of drug-likeness (QED) is 0.356. The van der Waals surface area contributed by atoms with Gasteiger partial charge in [-0.1, -0.05) is 12.2 Å². The maximum atomic E-state index is 14.3. The van der Waals surface area contributed by atoms with Crippen LogP contribution in [0.5, 0.6) is 11.6 Å². The van der Waals surface area contributed by atoms with Crippen molar-refractivity contribution in [2.24, 2.45) is 5.92 Å². The van der Waals surface area contributed by atoms with Gasteiger partial charge in [-0.15, -0.1) is 0 Å². The number of fused-ring (bicyclic) bond motifs is 3. The third kappa shape index (κ3) is 7.80. The van der Waals surface area contributed by atoms with Crippen molar-refractivity contribution < 1.29 is 46.5 Å². The molecule has 3 N–H and O–H groups in total. The van der Waals surface area contributed by atoms with Crippen LogP contribution in [0, 0.1) is 5.92 Å². The van der Waals surface area contributed by atoms with Gasteiger partial charge in [0.25, 0.3) is 5.91 Å². The molecule has 4 amide bonds. The Hall–Kier alpha value is -4.44. The Kier molecular flexibility index (Phi) is 9.70. The summed E-state index contributed by atoms with van der Waals surface area (Å²) in [6, 6.07) is 4.96. The van der Waals surface area contributed by atoms with E-state index in [-0.39, 0.29) is 39.0 Å². The minimum Gasteiger partial charge on any atom is -0.497 e. The van der Waals surface area contributed by atoms with E-state index in [9.17, 15) is 27.6 Å². The highest BCUT2D eigenvalue weighted by Gasteiger charge is 2.62. The summed E-state index contributed by atoms with van der Waals surface area (Å²) in [5, 5.41) is 6.31. The summed E-state index contributed by atoms with van der Waals surface area (Å²) in [5.41, 5.74) is -2.37. The smallest absolute Gasteiger partial charge is 0.408 e. The maximum Gasteiger partial charge on any atom is 0.408 e. The molecule has 4 aliphatic rings. The zero-order valence-corrected chi connectivity index (χ0v) is 29.3. The maximum absolute atomic E-state index is 14.3. The zero-order chi connectivity index (χ0) is 35.8. The van der Waals surface area contributed by atoms with Crippen LogP contribution in [0.1, 0.15) is 52.9 Å². The fourth-order valence-electron chi connectivity index (χ4n) is 6.33. The third-order valence-electron chi connectivity index (χ3n) is 9.15. The molecule has 270 valence electrons. The lowest BCUT2D eigenvalue weighted by atomic mass is 10.1. The molecule has 2 aliphatic heterocycles. The molecule has 6 rings (SSSR count). The van der Waals surface area contributed by atoms with Gasteiger partial charge in [0, 0.05) is 36.9 Å². The Bertz CT molecular complexity index is 1810. The number of sulfonamides is 1. The molecule has 3 heterocycles. The summed E-state index contributed by atoms with van der Waals surface area (Å²) in [4.78, 5) is 60.6. The highest BCUT2D eigenvalue weighted by molar-refractivity contribution is 7.91. The summed E-state index contributed by atoms with van der Waals surface area (Å²) in [5.74, 6) is -1.61. The molecule has 1 aromatic carbocycles. The fourth-order valence-corrected chi connectivity index (χ4v) is 7.69. The highest BCUT2D eigenvalue weighted by atomic mass is 32.2. The monoisotopic (exact) mass is 713 g/mol. The number of amides is 4. The summed E-state index contributed by atoms with van der Waals surface area (Å²) in [6.07, 6.45) is 4.66. The lowest BCUT2D eigenvalue weighted by Crippen LogP contribution is -2.58. The van der Waals surface area contributed by atoms with Gasteiger partial charge in [-0.05, 0) is 69.7 Å². The summed E-state index contributed by atoms with van der Waals surface area (Å²) < 4.78 is 50.5. The molecular weight excluding hydrogens is 670 g/mol. The molecule has 0 bridgehead atoms. The normalized spacial score (nSPS) is 28.0. The Morgan fingerprint density at radius 2 is 1.92 bits per heavy atom. The molecule has 2 aliphatic carbocycles. The van der Waals surface area contributed by atoms with Crippen LogP contribution < -0.4 is 24.8 Å². The highest BCUT2D eigenvalue weighted by Crippen LogP contribution is 2.46. The first kappa shape index (κ1) is 35.4. The van der Waals surface area contributed by atoms with E-state index in [0.29, 0.717) is 29.9 Å². The number of rotatable bonds is 7. The van der Waals surface area contributed by atoms with Crippen molar-refractivity contribution in [3.8, 4) is 11.6 Å². The van der Waals surface area contributed by atoms with Gasteiger partial charge in [-0.25, -0.2) is 18.2 Å². The van der Waals surface area contributed by atoms with E-state index >= 15 is 0 Å². The molecule has 2 saturated carbocycles. The molecule has 3 fully saturated rings. The number of hydrogen-bond acceptors (Lipinski definition) is 11. The van der Waals surface area contributed by atoms with Crippen molar-refractivity contribution in [1.82, 2.24) is 25.2 Å². The minimum atomic E-state index is -3.90. The van der Waals surface area contributed by atoms with Gasteiger partial charge >= 0.3 is 6.09 Å². The first-order valence-electron chi connectivity index (χ1n) is 16.7. The predicted molar refractivity (Wildman–Crippen MR) is 180 cm³/mol. The Morgan fingerprint density at radius 3 is 2.64 bits per heavy atom. The van der Waals surface area contributed by atoms with E-state index in [4.69, 9.17) is 18.9 Å². The number of alkyl carbamates (subject to hydrolysis) is 1. The number of aromatic nitrogens is 1. The molecule has 0 radical (unpaired) electrons. The van der Waals surface area contributed by atoms with Gasteiger partial charge in [0.15, 0.2) is 0 Å². The van der Waals surface area contributed by atoms with E-state index in [1.165, 1.54) is 4.90 Å². The second-order valence-electron chi connectivity index (χ2n) is 14.1. The van der Waals surface area contributed by atoms with Crippen LogP contribution in [0.2, 0.25) is 0 Å². The molecule has 1 saturated heterocycles. The third-order valence-corrected chi connectivity index (χ3v) is 11.0.